The predicted octanol–water partition coefficient (Wildman–Crippen LogP) is 4.46. The fourth-order valence-corrected chi connectivity index (χ4v) is 2.94. The second kappa shape index (κ2) is 7.70. The van der Waals surface area contributed by atoms with Gasteiger partial charge in [-0.15, -0.1) is 11.3 Å². The van der Waals surface area contributed by atoms with E-state index in [0.29, 0.717) is 27.7 Å². The molecule has 0 aliphatic heterocycles. The zero-order chi connectivity index (χ0) is 19.4. The highest BCUT2D eigenvalue weighted by atomic mass is 32.1. The zero-order valence-electron chi connectivity index (χ0n) is 14.0. The first kappa shape index (κ1) is 18.1. The Balaban J connectivity index is 1.77. The van der Waals surface area contributed by atoms with E-state index in [1.165, 1.54) is 35.6 Å². The Labute approximate surface area is 157 Å². The molecule has 0 bridgehead atoms. The van der Waals surface area contributed by atoms with Crippen LogP contribution < -0.4 is 5.43 Å². The van der Waals surface area contributed by atoms with Gasteiger partial charge in [0.1, 0.15) is 0 Å². The molecule has 3 aromatic rings. The lowest BCUT2D eigenvalue weighted by Gasteiger charge is -2.01. The van der Waals surface area contributed by atoms with Gasteiger partial charge < -0.3 is 0 Å². The predicted molar refractivity (Wildman–Crippen MR) is 103 cm³/mol. The van der Waals surface area contributed by atoms with Gasteiger partial charge in [-0.1, -0.05) is 24.3 Å². The molecular weight excluding hydrogens is 370 g/mol. The van der Waals surface area contributed by atoms with Crippen molar-refractivity contribution in [3.63, 3.8) is 0 Å². The van der Waals surface area contributed by atoms with Crippen LogP contribution in [0.25, 0.3) is 11.3 Å². The molecule has 0 spiro atoms. The highest BCUT2D eigenvalue weighted by Gasteiger charge is 2.10. The molecule has 0 unspecified atom stereocenters. The maximum Gasteiger partial charge on any atom is 0.270 e. The van der Waals surface area contributed by atoms with E-state index in [-0.39, 0.29) is 11.4 Å². The number of nitrogens with zero attached hydrogens (tertiary/aromatic N) is 4. The number of anilines is 1. The van der Waals surface area contributed by atoms with Gasteiger partial charge in [0.25, 0.3) is 11.4 Å². The summed E-state index contributed by atoms with van der Waals surface area (Å²) in [6.45, 7) is 1.72. The molecule has 0 aliphatic carbocycles. The van der Waals surface area contributed by atoms with Gasteiger partial charge in [0.05, 0.1) is 21.3 Å². The van der Waals surface area contributed by atoms with Crippen molar-refractivity contribution in [2.45, 2.75) is 6.92 Å². The number of non-ortho nitro benzene ring substituents is 2. The van der Waals surface area contributed by atoms with Crippen LogP contribution in [-0.4, -0.2) is 20.5 Å². The number of hydrazone groups is 1. The Morgan fingerprint density at radius 1 is 1.07 bits per heavy atom. The van der Waals surface area contributed by atoms with Crippen LogP contribution in [0.5, 0.6) is 0 Å². The lowest BCUT2D eigenvalue weighted by molar-refractivity contribution is -0.385. The van der Waals surface area contributed by atoms with Crippen molar-refractivity contribution < 1.29 is 9.85 Å². The summed E-state index contributed by atoms with van der Waals surface area (Å²) in [4.78, 5) is 25.2. The molecule has 1 N–H and O–H groups in total. The molecule has 136 valence electrons. The minimum atomic E-state index is -0.462. The van der Waals surface area contributed by atoms with E-state index in [9.17, 15) is 20.2 Å². The van der Waals surface area contributed by atoms with Crippen molar-refractivity contribution >= 4 is 33.6 Å². The minimum absolute atomic E-state index is 0.00505. The van der Waals surface area contributed by atoms with E-state index in [1.807, 2.05) is 0 Å². The fourth-order valence-electron chi connectivity index (χ4n) is 2.28. The van der Waals surface area contributed by atoms with Crippen LogP contribution in [0.1, 0.15) is 12.5 Å². The maximum absolute atomic E-state index is 10.9. The lowest BCUT2D eigenvalue weighted by atomic mass is 10.1. The number of nitrogens with one attached hydrogen (secondary N) is 1. The second-order valence-corrected chi connectivity index (χ2v) is 6.32. The Morgan fingerprint density at radius 3 is 2.44 bits per heavy atom. The first-order valence-electron chi connectivity index (χ1n) is 7.69. The number of nitro groups is 2. The highest BCUT2D eigenvalue weighted by molar-refractivity contribution is 7.14. The summed E-state index contributed by atoms with van der Waals surface area (Å²) in [5.74, 6) is 0. The lowest BCUT2D eigenvalue weighted by Crippen LogP contribution is -2.00. The quantitative estimate of drug-likeness (QED) is 0.381. The van der Waals surface area contributed by atoms with Gasteiger partial charge in [-0.05, 0) is 6.92 Å². The molecule has 3 rings (SSSR count). The summed E-state index contributed by atoms with van der Waals surface area (Å²) < 4.78 is 0. The van der Waals surface area contributed by atoms with Crippen LogP contribution >= 0.6 is 11.3 Å². The number of nitro benzene ring substituents is 2. The third-order valence-corrected chi connectivity index (χ3v) is 4.40. The van der Waals surface area contributed by atoms with Crippen molar-refractivity contribution in [1.29, 1.82) is 0 Å². The van der Waals surface area contributed by atoms with E-state index in [2.05, 4.69) is 15.5 Å². The molecule has 0 atom stereocenters. The molecule has 0 radical (unpaired) electrons. The average molecular weight is 383 g/mol. The molecule has 0 saturated heterocycles. The standard InChI is InChI=1S/C17H13N5O4S/c1-11(12-4-2-6-14(8-12)21(23)24)19-20-17-18-16(10-27-17)13-5-3-7-15(9-13)22(25)26/h2-10H,1H3,(H,18,20)/b19-11-. The first-order chi connectivity index (χ1) is 12.9. The Morgan fingerprint density at radius 2 is 1.74 bits per heavy atom. The van der Waals surface area contributed by atoms with Crippen molar-refractivity contribution in [2.24, 2.45) is 5.10 Å². The van der Waals surface area contributed by atoms with E-state index >= 15 is 0 Å². The molecule has 9 nitrogen and oxygen atoms in total. The average Bonchev–Trinajstić information content (AvgIpc) is 3.15. The van der Waals surface area contributed by atoms with Crippen LogP contribution in [0.3, 0.4) is 0 Å². The fraction of sp³-hybridized carbons (Fsp3) is 0.0588. The van der Waals surface area contributed by atoms with Crippen LogP contribution in [-0.2, 0) is 0 Å². The summed E-state index contributed by atoms with van der Waals surface area (Å²) in [5.41, 5.74) is 5.20. The molecule has 0 amide bonds. The van der Waals surface area contributed by atoms with Crippen LogP contribution in [0, 0.1) is 20.2 Å². The Kier molecular flexibility index (Phi) is 5.18. The molecule has 1 heterocycles. The molecular formula is C17H13N5O4S. The van der Waals surface area contributed by atoms with E-state index in [4.69, 9.17) is 0 Å². The van der Waals surface area contributed by atoms with Crippen molar-refractivity contribution in [2.75, 3.05) is 5.43 Å². The van der Waals surface area contributed by atoms with Gasteiger partial charge in [-0.25, -0.2) is 4.98 Å². The third-order valence-electron chi connectivity index (χ3n) is 3.65. The summed E-state index contributed by atoms with van der Waals surface area (Å²) in [7, 11) is 0. The SMILES string of the molecule is C/C(=N/Nc1nc(-c2cccc([N+](=O)[O-])c2)cs1)c1cccc([N+](=O)[O-])c1. The largest absolute Gasteiger partial charge is 0.270 e. The molecule has 0 fully saturated rings. The normalized spacial score (nSPS) is 11.2. The van der Waals surface area contributed by atoms with Gasteiger partial charge in [-0.3, -0.25) is 25.7 Å². The number of aromatic nitrogens is 1. The number of benzene rings is 2. The molecule has 2 aromatic carbocycles. The monoisotopic (exact) mass is 383 g/mol. The summed E-state index contributed by atoms with van der Waals surface area (Å²) in [6, 6.07) is 12.4. The second-order valence-electron chi connectivity index (χ2n) is 5.46. The summed E-state index contributed by atoms with van der Waals surface area (Å²) in [5, 5.41) is 28.2. The summed E-state index contributed by atoms with van der Waals surface area (Å²) in [6.07, 6.45) is 0. The van der Waals surface area contributed by atoms with E-state index < -0.39 is 9.85 Å². The smallest absolute Gasteiger partial charge is 0.258 e. The van der Waals surface area contributed by atoms with Crippen molar-refractivity contribution in [1.82, 2.24) is 4.98 Å². The maximum atomic E-state index is 10.9. The summed E-state index contributed by atoms with van der Waals surface area (Å²) >= 11 is 1.30. The van der Waals surface area contributed by atoms with Gasteiger partial charge in [0.15, 0.2) is 0 Å². The molecule has 10 heteroatoms. The van der Waals surface area contributed by atoms with Gasteiger partial charge in [0, 0.05) is 40.8 Å². The van der Waals surface area contributed by atoms with Gasteiger partial charge >= 0.3 is 0 Å². The van der Waals surface area contributed by atoms with Gasteiger partial charge in [-0.2, -0.15) is 5.10 Å². The van der Waals surface area contributed by atoms with Crippen molar-refractivity contribution in [3.8, 4) is 11.3 Å². The Hall–Kier alpha value is -3.66. The third kappa shape index (κ3) is 4.30. The van der Waals surface area contributed by atoms with Gasteiger partial charge in [0.2, 0.25) is 5.13 Å². The van der Waals surface area contributed by atoms with E-state index in [1.54, 1.807) is 36.6 Å². The van der Waals surface area contributed by atoms with Crippen molar-refractivity contribution in [3.05, 3.63) is 79.7 Å². The number of thiazole rings is 1. The molecule has 0 aliphatic rings. The molecule has 1 aromatic heterocycles. The molecule has 0 saturated carbocycles. The first-order valence-corrected chi connectivity index (χ1v) is 8.57. The highest BCUT2D eigenvalue weighted by Crippen LogP contribution is 2.27. The Bertz CT molecular complexity index is 1050. The topological polar surface area (TPSA) is 124 Å². The number of rotatable bonds is 6. The zero-order valence-corrected chi connectivity index (χ0v) is 14.8. The minimum Gasteiger partial charge on any atom is -0.258 e. The van der Waals surface area contributed by atoms with Crippen LogP contribution in [0.2, 0.25) is 0 Å². The van der Waals surface area contributed by atoms with Crippen LogP contribution in [0.15, 0.2) is 59.0 Å². The number of hydrogen-bond acceptors (Lipinski definition) is 8. The molecule has 27 heavy (non-hydrogen) atoms. The van der Waals surface area contributed by atoms with Crippen LogP contribution in [0.4, 0.5) is 16.5 Å². The number of hydrogen-bond donors (Lipinski definition) is 1. The van der Waals surface area contributed by atoms with E-state index in [0.717, 1.165) is 0 Å².